The van der Waals surface area contributed by atoms with E-state index < -0.39 is 6.04 Å². The maximum absolute atomic E-state index is 11.5. The van der Waals surface area contributed by atoms with Gasteiger partial charge in [-0.15, -0.1) is 0 Å². The van der Waals surface area contributed by atoms with Crippen LogP contribution >= 0.6 is 0 Å². The number of rotatable bonds is 7. The second-order valence-corrected chi connectivity index (χ2v) is 3.87. The summed E-state index contributed by atoms with van der Waals surface area (Å²) in [4.78, 5) is 24.4. The molecule has 0 unspecified atom stereocenters. The second-order valence-electron chi connectivity index (χ2n) is 3.87. The van der Waals surface area contributed by atoms with Crippen molar-refractivity contribution in [3.8, 4) is 0 Å². The van der Waals surface area contributed by atoms with E-state index in [-0.39, 0.29) is 18.4 Å². The third-order valence-electron chi connectivity index (χ3n) is 2.52. The lowest BCUT2D eigenvalue weighted by Gasteiger charge is -2.16. The number of nitrogens with one attached hydrogen (secondary N) is 1. The maximum Gasteiger partial charge on any atom is 0.241 e. The summed E-state index contributed by atoms with van der Waals surface area (Å²) < 4.78 is 0. The molecule has 0 spiro atoms. The predicted octanol–water partition coefficient (Wildman–Crippen LogP) is 0.0984. The fraction of sp³-hybridized carbons (Fsp3) is 0.818. The average Bonchev–Trinajstić information content (AvgIpc) is 2.31. The molecular formula is C11H23N3O2. The van der Waals surface area contributed by atoms with Crippen LogP contribution in [0.4, 0.5) is 0 Å². The number of carbonyl (C=O) groups excluding carboxylic acids is 2. The summed E-state index contributed by atoms with van der Waals surface area (Å²) in [6.45, 7) is 4.59. The first-order valence-corrected chi connectivity index (χ1v) is 5.80. The zero-order chi connectivity index (χ0) is 12.6. The van der Waals surface area contributed by atoms with E-state index in [2.05, 4.69) is 5.32 Å². The van der Waals surface area contributed by atoms with E-state index in [1.54, 1.807) is 11.9 Å². The van der Waals surface area contributed by atoms with Crippen molar-refractivity contribution in [3.05, 3.63) is 0 Å². The van der Waals surface area contributed by atoms with Crippen LogP contribution in [0.5, 0.6) is 0 Å². The van der Waals surface area contributed by atoms with Gasteiger partial charge in [0.25, 0.3) is 0 Å². The molecule has 0 aliphatic carbocycles. The molecule has 0 aliphatic heterocycles. The maximum atomic E-state index is 11.5. The van der Waals surface area contributed by atoms with E-state index in [1.165, 1.54) is 0 Å². The van der Waals surface area contributed by atoms with Gasteiger partial charge in [-0.3, -0.25) is 9.59 Å². The highest BCUT2D eigenvalue weighted by molar-refractivity contribution is 5.87. The molecule has 3 N–H and O–H groups in total. The second kappa shape index (κ2) is 8.10. The molecule has 0 bridgehead atoms. The Morgan fingerprint density at radius 1 is 1.38 bits per heavy atom. The summed E-state index contributed by atoms with van der Waals surface area (Å²) in [6, 6.07) is -0.500. The lowest BCUT2D eigenvalue weighted by molar-refractivity contribution is -0.132. The highest BCUT2D eigenvalue weighted by atomic mass is 16.2. The van der Waals surface area contributed by atoms with Crippen LogP contribution in [0.25, 0.3) is 0 Å². The largest absolute Gasteiger partial charge is 0.346 e. The molecule has 0 saturated heterocycles. The Kier molecular flexibility index (Phi) is 7.54. The third kappa shape index (κ3) is 5.70. The molecule has 0 rings (SSSR count). The Hall–Kier alpha value is -1.10. The number of likely N-dealkylation sites (N-methyl/N-ethyl adjacent to an activating group) is 1. The van der Waals surface area contributed by atoms with Crippen LogP contribution in [0, 0.1) is 0 Å². The summed E-state index contributed by atoms with van der Waals surface area (Å²) in [5.41, 5.74) is 5.66. The zero-order valence-corrected chi connectivity index (χ0v) is 10.5. The van der Waals surface area contributed by atoms with E-state index in [1.807, 2.05) is 13.8 Å². The highest BCUT2D eigenvalue weighted by Crippen LogP contribution is 1.97. The zero-order valence-electron chi connectivity index (χ0n) is 10.5. The molecule has 0 aromatic heterocycles. The minimum absolute atomic E-state index is 0.0308. The molecule has 0 saturated carbocycles. The first-order chi connectivity index (χ1) is 7.52. The third-order valence-corrected chi connectivity index (χ3v) is 2.52. The number of amides is 2. The Labute approximate surface area is 97.4 Å². The van der Waals surface area contributed by atoms with Gasteiger partial charge < -0.3 is 16.0 Å². The van der Waals surface area contributed by atoms with Gasteiger partial charge in [0.05, 0.1) is 12.6 Å². The van der Waals surface area contributed by atoms with Crippen LogP contribution in [0.1, 0.15) is 33.1 Å². The molecule has 1 atom stereocenters. The standard InChI is InChI=1S/C11H23N3O2/c1-4-6-7-9(12)11(16)13-8-10(15)14(3)5-2/h9H,4-8,12H2,1-3H3,(H,13,16)/t9-/m0/s1. The molecule has 16 heavy (non-hydrogen) atoms. The van der Waals surface area contributed by atoms with Crippen molar-refractivity contribution < 1.29 is 9.59 Å². The molecule has 2 amide bonds. The van der Waals surface area contributed by atoms with Gasteiger partial charge in [-0.25, -0.2) is 0 Å². The molecule has 0 fully saturated rings. The average molecular weight is 229 g/mol. The van der Waals surface area contributed by atoms with Crippen LogP contribution in [-0.4, -0.2) is 42.9 Å². The van der Waals surface area contributed by atoms with Crippen molar-refractivity contribution in [1.82, 2.24) is 10.2 Å². The number of nitrogens with two attached hydrogens (primary N) is 1. The summed E-state index contributed by atoms with van der Waals surface area (Å²) in [6.07, 6.45) is 2.61. The molecule has 94 valence electrons. The Morgan fingerprint density at radius 3 is 2.50 bits per heavy atom. The highest BCUT2D eigenvalue weighted by Gasteiger charge is 2.14. The first-order valence-electron chi connectivity index (χ1n) is 5.80. The molecule has 0 aromatic carbocycles. The minimum Gasteiger partial charge on any atom is -0.346 e. The number of carbonyl (C=O) groups is 2. The lowest BCUT2D eigenvalue weighted by Crippen LogP contribution is -2.45. The minimum atomic E-state index is -0.500. The van der Waals surface area contributed by atoms with Crippen LogP contribution in [0.2, 0.25) is 0 Å². The summed E-state index contributed by atoms with van der Waals surface area (Å²) in [5, 5.41) is 2.55. The quantitative estimate of drug-likeness (QED) is 0.650. The van der Waals surface area contributed by atoms with Gasteiger partial charge in [0.15, 0.2) is 0 Å². The molecule has 0 aliphatic rings. The van der Waals surface area contributed by atoms with Gasteiger partial charge in [-0.1, -0.05) is 19.8 Å². The van der Waals surface area contributed by atoms with E-state index in [0.29, 0.717) is 13.0 Å². The number of nitrogens with zero attached hydrogens (tertiary/aromatic N) is 1. The molecule has 5 heteroatoms. The Balaban J connectivity index is 3.84. The van der Waals surface area contributed by atoms with Crippen LogP contribution in [-0.2, 0) is 9.59 Å². The molecule has 5 nitrogen and oxygen atoms in total. The van der Waals surface area contributed by atoms with Gasteiger partial charge in [-0.2, -0.15) is 0 Å². The molecular weight excluding hydrogens is 206 g/mol. The van der Waals surface area contributed by atoms with Gasteiger partial charge in [0.2, 0.25) is 11.8 Å². The van der Waals surface area contributed by atoms with Gasteiger partial charge in [0.1, 0.15) is 0 Å². The monoisotopic (exact) mass is 229 g/mol. The van der Waals surface area contributed by atoms with Gasteiger partial charge in [-0.05, 0) is 13.3 Å². The summed E-state index contributed by atoms with van der Waals surface area (Å²) in [7, 11) is 1.70. The van der Waals surface area contributed by atoms with Crippen molar-refractivity contribution in [1.29, 1.82) is 0 Å². The van der Waals surface area contributed by atoms with E-state index in [9.17, 15) is 9.59 Å². The lowest BCUT2D eigenvalue weighted by atomic mass is 10.1. The number of hydrogen-bond donors (Lipinski definition) is 2. The Morgan fingerprint density at radius 2 is 2.00 bits per heavy atom. The van der Waals surface area contributed by atoms with Crippen molar-refractivity contribution in [2.75, 3.05) is 20.1 Å². The fourth-order valence-corrected chi connectivity index (χ4v) is 1.16. The van der Waals surface area contributed by atoms with Crippen LogP contribution in [0.3, 0.4) is 0 Å². The Bertz CT molecular complexity index is 231. The van der Waals surface area contributed by atoms with Gasteiger partial charge in [0, 0.05) is 13.6 Å². The topological polar surface area (TPSA) is 75.4 Å². The molecule has 0 aromatic rings. The fourth-order valence-electron chi connectivity index (χ4n) is 1.16. The summed E-state index contributed by atoms with van der Waals surface area (Å²) >= 11 is 0. The van der Waals surface area contributed by atoms with E-state index in [0.717, 1.165) is 12.8 Å². The first kappa shape index (κ1) is 14.9. The van der Waals surface area contributed by atoms with Crippen molar-refractivity contribution >= 4 is 11.8 Å². The van der Waals surface area contributed by atoms with Crippen molar-refractivity contribution in [2.45, 2.75) is 39.2 Å². The predicted molar refractivity (Wildman–Crippen MR) is 63.8 cm³/mol. The van der Waals surface area contributed by atoms with Crippen molar-refractivity contribution in [3.63, 3.8) is 0 Å². The van der Waals surface area contributed by atoms with Gasteiger partial charge >= 0.3 is 0 Å². The van der Waals surface area contributed by atoms with Crippen LogP contribution < -0.4 is 11.1 Å². The molecule has 0 radical (unpaired) electrons. The van der Waals surface area contributed by atoms with Crippen LogP contribution in [0.15, 0.2) is 0 Å². The molecule has 0 heterocycles. The smallest absolute Gasteiger partial charge is 0.241 e. The van der Waals surface area contributed by atoms with E-state index >= 15 is 0 Å². The number of unbranched alkanes of at least 4 members (excludes halogenated alkanes) is 1. The number of hydrogen-bond acceptors (Lipinski definition) is 3. The summed E-state index contributed by atoms with van der Waals surface area (Å²) in [5.74, 6) is -0.343. The van der Waals surface area contributed by atoms with Crippen molar-refractivity contribution in [2.24, 2.45) is 5.73 Å². The van der Waals surface area contributed by atoms with E-state index in [4.69, 9.17) is 5.73 Å². The SMILES string of the molecule is CCCC[C@H](N)C(=O)NCC(=O)N(C)CC. The normalized spacial score (nSPS) is 12.0.